The van der Waals surface area contributed by atoms with E-state index in [0.29, 0.717) is 12.8 Å². The Morgan fingerprint density at radius 3 is 2.24 bits per heavy atom. The number of methoxy groups -OCH3 is 2. The van der Waals surface area contributed by atoms with Crippen molar-refractivity contribution < 1.29 is 23.9 Å². The van der Waals surface area contributed by atoms with Crippen molar-refractivity contribution in [2.45, 2.75) is 32.6 Å². The maximum Gasteiger partial charge on any atom is 0.327 e. The predicted molar refractivity (Wildman–Crippen MR) is 77.4 cm³/mol. The molecule has 1 atom stereocenters. The topological polar surface area (TPSA) is 69.7 Å². The zero-order chi connectivity index (χ0) is 16.0. The van der Waals surface area contributed by atoms with Crippen LogP contribution in [-0.2, 0) is 23.9 Å². The van der Waals surface area contributed by atoms with Crippen LogP contribution < -0.4 is 0 Å². The SMILES string of the molecule is C=CCC(/C=C(\C)CC1CCC1=O)(C(=O)OC)C(=O)OC. The van der Waals surface area contributed by atoms with E-state index in [9.17, 15) is 14.4 Å². The number of allylic oxidation sites excluding steroid dienone is 2. The molecule has 0 aliphatic heterocycles. The molecule has 0 N–H and O–H groups in total. The summed E-state index contributed by atoms with van der Waals surface area (Å²) in [7, 11) is 2.45. The van der Waals surface area contributed by atoms with E-state index in [4.69, 9.17) is 9.47 Å². The van der Waals surface area contributed by atoms with Gasteiger partial charge in [-0.2, -0.15) is 0 Å². The fourth-order valence-corrected chi connectivity index (χ4v) is 2.57. The van der Waals surface area contributed by atoms with E-state index in [0.717, 1.165) is 12.0 Å². The second-order valence-electron chi connectivity index (χ2n) is 5.34. The first-order chi connectivity index (χ1) is 9.91. The van der Waals surface area contributed by atoms with Crippen LogP contribution in [0.3, 0.4) is 0 Å². The molecule has 1 fully saturated rings. The van der Waals surface area contributed by atoms with Crippen molar-refractivity contribution in [3.05, 3.63) is 24.3 Å². The van der Waals surface area contributed by atoms with Gasteiger partial charge in [0.1, 0.15) is 5.78 Å². The van der Waals surface area contributed by atoms with Crippen molar-refractivity contribution in [2.75, 3.05) is 14.2 Å². The van der Waals surface area contributed by atoms with Gasteiger partial charge >= 0.3 is 11.9 Å². The third-order valence-electron chi connectivity index (χ3n) is 3.82. The Hall–Kier alpha value is -1.91. The zero-order valence-electron chi connectivity index (χ0n) is 12.8. The summed E-state index contributed by atoms with van der Waals surface area (Å²) >= 11 is 0. The lowest BCUT2D eigenvalue weighted by atomic mass is 9.77. The van der Waals surface area contributed by atoms with Gasteiger partial charge in [-0.25, -0.2) is 0 Å². The van der Waals surface area contributed by atoms with Crippen molar-refractivity contribution in [3.63, 3.8) is 0 Å². The first-order valence-corrected chi connectivity index (χ1v) is 6.90. The smallest absolute Gasteiger partial charge is 0.327 e. The first-order valence-electron chi connectivity index (χ1n) is 6.90. The van der Waals surface area contributed by atoms with Crippen molar-refractivity contribution in [1.29, 1.82) is 0 Å². The number of hydrogen-bond donors (Lipinski definition) is 0. The number of hydrogen-bond acceptors (Lipinski definition) is 5. The van der Waals surface area contributed by atoms with Gasteiger partial charge in [-0.3, -0.25) is 14.4 Å². The molecular weight excluding hydrogens is 272 g/mol. The molecule has 0 saturated heterocycles. The van der Waals surface area contributed by atoms with Crippen LogP contribution in [0.25, 0.3) is 0 Å². The summed E-state index contributed by atoms with van der Waals surface area (Å²) in [6.45, 7) is 5.39. The Morgan fingerprint density at radius 2 is 1.90 bits per heavy atom. The molecule has 0 spiro atoms. The molecule has 1 saturated carbocycles. The molecule has 5 heteroatoms. The molecule has 0 radical (unpaired) electrons. The standard InChI is InChI=1S/C16H22O5/c1-5-8-16(14(18)20-3,15(19)21-4)10-11(2)9-12-6-7-13(12)17/h5,10,12H,1,6-9H2,2-4H3/b11-10+. The average Bonchev–Trinajstić information content (AvgIpc) is 2.48. The molecule has 1 rings (SSSR count). The highest BCUT2D eigenvalue weighted by atomic mass is 16.5. The fourth-order valence-electron chi connectivity index (χ4n) is 2.57. The molecule has 116 valence electrons. The monoisotopic (exact) mass is 294 g/mol. The van der Waals surface area contributed by atoms with Crippen LogP contribution in [0, 0.1) is 11.3 Å². The van der Waals surface area contributed by atoms with Gasteiger partial charge in [-0.05, 0) is 26.2 Å². The normalized spacial score (nSPS) is 18.7. The second kappa shape index (κ2) is 7.20. The minimum absolute atomic E-state index is 0.00188. The number of esters is 2. The Labute approximate surface area is 125 Å². The number of Topliss-reactive ketones (excluding diaryl/α,β-unsaturated/α-hetero) is 1. The Bertz CT molecular complexity index is 459. The van der Waals surface area contributed by atoms with Crippen LogP contribution in [0.5, 0.6) is 0 Å². The van der Waals surface area contributed by atoms with Gasteiger partial charge in [-0.15, -0.1) is 6.58 Å². The van der Waals surface area contributed by atoms with Gasteiger partial charge in [-0.1, -0.05) is 17.7 Å². The van der Waals surface area contributed by atoms with Crippen LogP contribution >= 0.6 is 0 Å². The summed E-state index contributed by atoms with van der Waals surface area (Å²) in [4.78, 5) is 35.6. The van der Waals surface area contributed by atoms with Gasteiger partial charge in [0.15, 0.2) is 5.41 Å². The molecule has 21 heavy (non-hydrogen) atoms. The quantitative estimate of drug-likeness (QED) is 0.409. The van der Waals surface area contributed by atoms with Crippen LogP contribution in [0.2, 0.25) is 0 Å². The summed E-state index contributed by atoms with van der Waals surface area (Å²) in [5.41, 5.74) is -0.729. The number of rotatable bonds is 7. The molecule has 0 bridgehead atoms. The highest BCUT2D eigenvalue weighted by molar-refractivity contribution is 6.02. The molecule has 0 heterocycles. The molecule has 0 aromatic heterocycles. The van der Waals surface area contributed by atoms with Crippen LogP contribution in [-0.4, -0.2) is 31.9 Å². The molecule has 0 aromatic carbocycles. The van der Waals surface area contributed by atoms with E-state index < -0.39 is 17.4 Å². The van der Waals surface area contributed by atoms with Gasteiger partial charge in [0, 0.05) is 12.3 Å². The molecular formula is C16H22O5. The van der Waals surface area contributed by atoms with Gasteiger partial charge < -0.3 is 9.47 Å². The van der Waals surface area contributed by atoms with Crippen molar-refractivity contribution >= 4 is 17.7 Å². The number of carbonyl (C=O) groups is 3. The van der Waals surface area contributed by atoms with Crippen molar-refractivity contribution in [2.24, 2.45) is 11.3 Å². The maximum absolute atomic E-state index is 12.1. The zero-order valence-corrected chi connectivity index (χ0v) is 12.8. The largest absolute Gasteiger partial charge is 0.468 e. The molecule has 0 amide bonds. The van der Waals surface area contributed by atoms with Crippen LogP contribution in [0.4, 0.5) is 0 Å². The van der Waals surface area contributed by atoms with Crippen molar-refractivity contribution in [1.82, 2.24) is 0 Å². The summed E-state index contributed by atoms with van der Waals surface area (Å²) in [5, 5.41) is 0. The summed E-state index contributed by atoms with van der Waals surface area (Å²) in [6, 6.07) is 0. The Kier molecular flexibility index (Phi) is 5.88. The third kappa shape index (κ3) is 3.60. The van der Waals surface area contributed by atoms with E-state index >= 15 is 0 Å². The molecule has 1 aliphatic carbocycles. The number of carbonyl (C=O) groups excluding carboxylic acids is 3. The summed E-state index contributed by atoms with van der Waals surface area (Å²) in [5.74, 6) is -1.15. The average molecular weight is 294 g/mol. The Balaban J connectivity index is 3.08. The molecule has 1 aliphatic rings. The molecule has 0 aromatic rings. The van der Waals surface area contributed by atoms with E-state index in [-0.39, 0.29) is 18.1 Å². The van der Waals surface area contributed by atoms with E-state index in [1.54, 1.807) is 13.0 Å². The van der Waals surface area contributed by atoms with Crippen molar-refractivity contribution in [3.8, 4) is 0 Å². The number of ether oxygens (including phenoxy) is 2. The van der Waals surface area contributed by atoms with Crippen LogP contribution in [0.1, 0.15) is 32.6 Å². The minimum atomic E-state index is -1.53. The third-order valence-corrected chi connectivity index (χ3v) is 3.82. The summed E-state index contributed by atoms with van der Waals surface area (Å²) < 4.78 is 9.52. The lowest BCUT2D eigenvalue weighted by Crippen LogP contribution is -2.39. The highest BCUT2D eigenvalue weighted by Crippen LogP contribution is 2.34. The first kappa shape index (κ1) is 17.1. The summed E-state index contributed by atoms with van der Waals surface area (Å²) in [6.07, 6.45) is 5.14. The van der Waals surface area contributed by atoms with Gasteiger partial charge in [0.05, 0.1) is 14.2 Å². The van der Waals surface area contributed by atoms with E-state index in [1.165, 1.54) is 20.3 Å². The highest BCUT2D eigenvalue weighted by Gasteiger charge is 2.46. The molecule has 1 unspecified atom stereocenters. The van der Waals surface area contributed by atoms with E-state index in [2.05, 4.69) is 6.58 Å². The molecule has 5 nitrogen and oxygen atoms in total. The Morgan fingerprint density at radius 1 is 1.33 bits per heavy atom. The van der Waals surface area contributed by atoms with Gasteiger partial charge in [0.2, 0.25) is 0 Å². The lowest BCUT2D eigenvalue weighted by molar-refractivity contribution is -0.164. The second-order valence-corrected chi connectivity index (χ2v) is 5.34. The van der Waals surface area contributed by atoms with Crippen LogP contribution in [0.15, 0.2) is 24.3 Å². The van der Waals surface area contributed by atoms with E-state index in [1.807, 2.05) is 0 Å². The fraction of sp³-hybridized carbons (Fsp3) is 0.562. The van der Waals surface area contributed by atoms with Gasteiger partial charge in [0.25, 0.3) is 0 Å². The minimum Gasteiger partial charge on any atom is -0.468 e. The maximum atomic E-state index is 12.1. The lowest BCUT2D eigenvalue weighted by Gasteiger charge is -2.27. The predicted octanol–water partition coefficient (Wildman–Crippen LogP) is 2.21. The number of ketones is 1.